The SMILES string of the molecule is CC1CCS(=O)(=O)CCN1C(=O)c1cc(-c2ccncc2)nc2ccccc12. The summed E-state index contributed by atoms with van der Waals surface area (Å²) in [5.41, 5.74) is 2.85. The van der Waals surface area contributed by atoms with Gasteiger partial charge in [-0.2, -0.15) is 0 Å². The summed E-state index contributed by atoms with van der Waals surface area (Å²) in [6.45, 7) is 2.12. The van der Waals surface area contributed by atoms with Crippen LogP contribution >= 0.6 is 0 Å². The lowest BCUT2D eigenvalue weighted by Crippen LogP contribution is -2.39. The van der Waals surface area contributed by atoms with Crippen molar-refractivity contribution in [3.05, 3.63) is 60.4 Å². The number of carbonyl (C=O) groups is 1. The fourth-order valence-corrected chi connectivity index (χ4v) is 4.92. The van der Waals surface area contributed by atoms with Gasteiger partial charge in [0.1, 0.15) is 0 Å². The molecule has 2 aromatic heterocycles. The van der Waals surface area contributed by atoms with Gasteiger partial charge in [0.2, 0.25) is 0 Å². The third-order valence-corrected chi connectivity index (χ3v) is 6.87. The standard InChI is InChI=1S/C21H21N3O3S/c1-15-8-12-28(26,27)13-11-24(15)21(25)18-14-20(16-6-9-22-10-7-16)23-19-5-3-2-4-17(18)19/h2-7,9-10,14-15H,8,11-13H2,1H3. The van der Waals surface area contributed by atoms with Gasteiger partial charge in [0.25, 0.3) is 5.91 Å². The van der Waals surface area contributed by atoms with Gasteiger partial charge in [-0.15, -0.1) is 0 Å². The highest BCUT2D eigenvalue weighted by molar-refractivity contribution is 7.91. The molecular weight excluding hydrogens is 374 g/mol. The van der Waals surface area contributed by atoms with Crippen LogP contribution in [0.3, 0.4) is 0 Å². The second-order valence-corrected chi connectivity index (χ2v) is 9.40. The lowest BCUT2D eigenvalue weighted by atomic mass is 10.0. The number of nitrogens with zero attached hydrogens (tertiary/aromatic N) is 3. The molecule has 6 nitrogen and oxygen atoms in total. The highest BCUT2D eigenvalue weighted by Crippen LogP contribution is 2.27. The molecule has 0 N–H and O–H groups in total. The Labute approximate surface area is 164 Å². The Kier molecular flexibility index (Phi) is 4.85. The number of rotatable bonds is 2. The molecule has 1 atom stereocenters. The van der Waals surface area contributed by atoms with E-state index in [4.69, 9.17) is 4.98 Å². The summed E-state index contributed by atoms with van der Waals surface area (Å²) in [6.07, 6.45) is 3.83. The fraction of sp³-hybridized carbons (Fsp3) is 0.286. The topological polar surface area (TPSA) is 80.2 Å². The molecule has 1 aromatic carbocycles. The third-order valence-electron chi connectivity index (χ3n) is 5.21. The van der Waals surface area contributed by atoms with Crippen molar-refractivity contribution >= 4 is 26.6 Å². The van der Waals surface area contributed by atoms with Crippen molar-refractivity contribution in [1.82, 2.24) is 14.9 Å². The first-order chi connectivity index (χ1) is 13.4. The number of sulfone groups is 1. The molecule has 28 heavy (non-hydrogen) atoms. The summed E-state index contributed by atoms with van der Waals surface area (Å²) in [4.78, 5) is 23.9. The second kappa shape index (κ2) is 7.31. The van der Waals surface area contributed by atoms with Crippen molar-refractivity contribution in [2.24, 2.45) is 0 Å². The van der Waals surface area contributed by atoms with Crippen LogP contribution in [0.1, 0.15) is 23.7 Å². The van der Waals surface area contributed by atoms with E-state index in [2.05, 4.69) is 4.98 Å². The Morgan fingerprint density at radius 1 is 1.11 bits per heavy atom. The van der Waals surface area contributed by atoms with Crippen LogP contribution in [0.4, 0.5) is 0 Å². The summed E-state index contributed by atoms with van der Waals surface area (Å²) in [5, 5.41) is 0.768. The van der Waals surface area contributed by atoms with Crippen molar-refractivity contribution in [2.45, 2.75) is 19.4 Å². The van der Waals surface area contributed by atoms with Crippen molar-refractivity contribution < 1.29 is 13.2 Å². The largest absolute Gasteiger partial charge is 0.335 e. The van der Waals surface area contributed by atoms with E-state index in [9.17, 15) is 13.2 Å². The minimum absolute atomic E-state index is 0.00328. The molecule has 144 valence electrons. The Hall–Kier alpha value is -2.80. The van der Waals surface area contributed by atoms with Crippen LogP contribution < -0.4 is 0 Å². The number of carbonyl (C=O) groups excluding carboxylic acids is 1. The van der Waals surface area contributed by atoms with Crippen molar-refractivity contribution in [3.8, 4) is 11.3 Å². The Balaban J connectivity index is 1.82. The number of benzene rings is 1. The quantitative estimate of drug-likeness (QED) is 0.666. The van der Waals surface area contributed by atoms with Gasteiger partial charge in [-0.1, -0.05) is 18.2 Å². The smallest absolute Gasteiger partial charge is 0.254 e. The predicted octanol–water partition coefficient (Wildman–Crippen LogP) is 2.95. The molecule has 7 heteroatoms. The number of aromatic nitrogens is 2. The molecule has 0 bridgehead atoms. The van der Waals surface area contributed by atoms with Crippen molar-refractivity contribution in [3.63, 3.8) is 0 Å². The van der Waals surface area contributed by atoms with Crippen LogP contribution in [0, 0.1) is 0 Å². The van der Waals surface area contributed by atoms with Gasteiger partial charge in [-0.05, 0) is 37.6 Å². The number of hydrogen-bond donors (Lipinski definition) is 0. The maximum atomic E-state index is 13.5. The van der Waals surface area contributed by atoms with Gasteiger partial charge in [-0.25, -0.2) is 13.4 Å². The lowest BCUT2D eigenvalue weighted by molar-refractivity contribution is 0.0708. The summed E-state index contributed by atoms with van der Waals surface area (Å²) < 4.78 is 24.0. The molecule has 1 aliphatic heterocycles. The normalized spacial score (nSPS) is 19.3. The van der Waals surface area contributed by atoms with Crippen molar-refractivity contribution in [2.75, 3.05) is 18.1 Å². The molecule has 1 aliphatic rings. The summed E-state index contributed by atoms with van der Waals surface area (Å²) in [5.74, 6) is -0.0286. The van der Waals surface area contributed by atoms with Crippen LogP contribution in [-0.4, -0.2) is 53.3 Å². The van der Waals surface area contributed by atoms with E-state index in [1.165, 1.54) is 0 Å². The number of amides is 1. The molecule has 1 amide bonds. The van der Waals surface area contributed by atoms with Gasteiger partial charge in [-0.3, -0.25) is 9.78 Å². The molecule has 1 unspecified atom stereocenters. The molecule has 0 spiro atoms. The average molecular weight is 395 g/mol. The maximum absolute atomic E-state index is 13.5. The van der Waals surface area contributed by atoms with E-state index in [-0.39, 0.29) is 30.0 Å². The first-order valence-corrected chi connectivity index (χ1v) is 11.1. The molecular formula is C21H21N3O3S. The van der Waals surface area contributed by atoms with Crippen LogP contribution in [0.5, 0.6) is 0 Å². The van der Waals surface area contributed by atoms with Gasteiger partial charge in [0.05, 0.1) is 28.3 Å². The summed E-state index contributed by atoms with van der Waals surface area (Å²) in [6, 6.07) is 12.9. The molecule has 1 saturated heterocycles. The fourth-order valence-electron chi connectivity index (χ4n) is 3.55. The van der Waals surface area contributed by atoms with Crippen LogP contribution in [-0.2, 0) is 9.84 Å². The maximum Gasteiger partial charge on any atom is 0.254 e. The van der Waals surface area contributed by atoms with Crippen molar-refractivity contribution in [1.29, 1.82) is 0 Å². The zero-order chi connectivity index (χ0) is 19.7. The van der Waals surface area contributed by atoms with Crippen LogP contribution in [0.15, 0.2) is 54.9 Å². The minimum Gasteiger partial charge on any atom is -0.335 e. The van der Waals surface area contributed by atoms with Gasteiger partial charge < -0.3 is 4.90 Å². The summed E-state index contributed by atoms with van der Waals surface area (Å²) >= 11 is 0. The number of fused-ring (bicyclic) bond motifs is 1. The van der Waals surface area contributed by atoms with Crippen LogP contribution in [0.2, 0.25) is 0 Å². The lowest BCUT2D eigenvalue weighted by Gasteiger charge is -2.27. The minimum atomic E-state index is -3.11. The van der Waals surface area contributed by atoms with Gasteiger partial charge >= 0.3 is 0 Å². The number of pyridine rings is 2. The predicted molar refractivity (Wildman–Crippen MR) is 109 cm³/mol. The highest BCUT2D eigenvalue weighted by atomic mass is 32.2. The van der Waals surface area contributed by atoms with Gasteiger partial charge in [0.15, 0.2) is 9.84 Å². The van der Waals surface area contributed by atoms with E-state index in [1.54, 1.807) is 23.4 Å². The molecule has 0 radical (unpaired) electrons. The second-order valence-electron chi connectivity index (χ2n) is 7.10. The molecule has 4 rings (SSSR count). The van der Waals surface area contributed by atoms with Gasteiger partial charge in [0, 0.05) is 35.9 Å². The Morgan fingerprint density at radius 3 is 2.64 bits per heavy atom. The zero-order valence-electron chi connectivity index (χ0n) is 15.6. The van der Waals surface area contributed by atoms with Crippen LogP contribution in [0.25, 0.3) is 22.2 Å². The summed E-state index contributed by atoms with van der Waals surface area (Å²) in [7, 11) is -3.11. The molecule has 3 aromatic rings. The zero-order valence-corrected chi connectivity index (χ0v) is 16.4. The number of para-hydroxylation sites is 1. The monoisotopic (exact) mass is 395 g/mol. The molecule has 1 fully saturated rings. The van der Waals surface area contributed by atoms with E-state index in [0.717, 1.165) is 16.5 Å². The Bertz CT molecular complexity index is 1130. The van der Waals surface area contributed by atoms with E-state index < -0.39 is 9.84 Å². The third kappa shape index (κ3) is 3.62. The first-order valence-electron chi connectivity index (χ1n) is 9.26. The average Bonchev–Trinajstić information content (AvgIpc) is 2.85. The number of hydrogen-bond acceptors (Lipinski definition) is 5. The highest BCUT2D eigenvalue weighted by Gasteiger charge is 2.29. The first kappa shape index (κ1) is 18.6. The molecule has 3 heterocycles. The molecule has 0 aliphatic carbocycles. The Morgan fingerprint density at radius 2 is 1.86 bits per heavy atom. The molecule has 0 saturated carbocycles. The van der Waals surface area contributed by atoms with E-state index in [1.807, 2.05) is 43.3 Å². The van der Waals surface area contributed by atoms with E-state index in [0.29, 0.717) is 17.7 Å². The van der Waals surface area contributed by atoms with E-state index >= 15 is 0 Å².